The maximum Gasteiger partial charge on any atom is 0.261 e. The number of amides is 2. The van der Waals surface area contributed by atoms with Gasteiger partial charge in [-0.2, -0.15) is 4.31 Å². The van der Waals surface area contributed by atoms with E-state index in [9.17, 15) is 22.8 Å². The quantitative estimate of drug-likeness (QED) is 0.501. The number of aromatic nitrogens is 1. The molecule has 0 aliphatic carbocycles. The van der Waals surface area contributed by atoms with Crippen LogP contribution in [0.15, 0.2) is 59.1 Å². The maximum atomic E-state index is 13.9. The molecule has 0 bridgehead atoms. The molecular weight excluding hydrogens is 524 g/mol. The average molecular weight is 555 g/mol. The smallest absolute Gasteiger partial charge is 0.261 e. The van der Waals surface area contributed by atoms with Gasteiger partial charge in [0.05, 0.1) is 18.2 Å². The van der Waals surface area contributed by atoms with Crippen LogP contribution in [0.3, 0.4) is 0 Å². The molecule has 2 aliphatic rings. The van der Waals surface area contributed by atoms with Crippen molar-refractivity contribution in [2.45, 2.75) is 56.8 Å². The number of hydrogen-bond donors (Lipinski definition) is 1. The van der Waals surface area contributed by atoms with Crippen LogP contribution in [0.1, 0.15) is 44.0 Å². The predicted molar refractivity (Wildman–Crippen MR) is 144 cm³/mol. The second-order valence-corrected chi connectivity index (χ2v) is 13.7. The SMILES string of the molecule is CC(C)(C)CC(NC(=O)c1csc2ccccc12)C(=O)N1CCC2C1C(=O)CN2S(=O)(=O)c1ccccn1. The molecule has 38 heavy (non-hydrogen) atoms. The van der Waals surface area contributed by atoms with Crippen LogP contribution in [0.5, 0.6) is 0 Å². The van der Waals surface area contributed by atoms with Gasteiger partial charge in [0.15, 0.2) is 10.8 Å². The zero-order valence-electron chi connectivity index (χ0n) is 21.5. The Bertz CT molecular complexity index is 1500. The third kappa shape index (κ3) is 4.85. The van der Waals surface area contributed by atoms with Crippen LogP contribution in [0.4, 0.5) is 0 Å². The van der Waals surface area contributed by atoms with Crippen molar-refractivity contribution in [3.63, 3.8) is 0 Å². The Morgan fingerprint density at radius 3 is 2.61 bits per heavy atom. The average Bonchev–Trinajstić information content (AvgIpc) is 3.58. The normalized spacial score (nSPS) is 21.0. The van der Waals surface area contributed by atoms with Gasteiger partial charge in [-0.05, 0) is 36.5 Å². The minimum Gasteiger partial charge on any atom is -0.340 e. The van der Waals surface area contributed by atoms with Crippen molar-refractivity contribution in [2.75, 3.05) is 13.1 Å². The lowest BCUT2D eigenvalue weighted by Crippen LogP contribution is -2.53. The van der Waals surface area contributed by atoms with E-state index >= 15 is 0 Å². The highest BCUT2D eigenvalue weighted by atomic mass is 32.2. The fourth-order valence-corrected chi connectivity index (χ4v) is 7.86. The van der Waals surface area contributed by atoms with Crippen LogP contribution in [-0.2, 0) is 19.6 Å². The van der Waals surface area contributed by atoms with Crippen molar-refractivity contribution in [1.29, 1.82) is 0 Å². The largest absolute Gasteiger partial charge is 0.340 e. The molecule has 0 radical (unpaired) electrons. The Hall–Kier alpha value is -3.15. The van der Waals surface area contributed by atoms with E-state index in [1.807, 2.05) is 45.0 Å². The monoisotopic (exact) mass is 554 g/mol. The summed E-state index contributed by atoms with van der Waals surface area (Å²) in [6, 6.07) is 9.77. The van der Waals surface area contributed by atoms with Crippen molar-refractivity contribution >= 4 is 49.0 Å². The van der Waals surface area contributed by atoms with Crippen LogP contribution in [0.25, 0.3) is 10.1 Å². The minimum absolute atomic E-state index is 0.126. The van der Waals surface area contributed by atoms with Crippen molar-refractivity contribution in [3.8, 4) is 0 Å². The molecular formula is C27H30N4O5S2. The van der Waals surface area contributed by atoms with Gasteiger partial charge in [-0.3, -0.25) is 14.4 Å². The molecule has 2 saturated heterocycles. The molecule has 3 unspecified atom stereocenters. The molecule has 4 heterocycles. The van der Waals surface area contributed by atoms with Gasteiger partial charge in [0.1, 0.15) is 12.1 Å². The van der Waals surface area contributed by atoms with E-state index in [2.05, 4.69) is 10.3 Å². The van der Waals surface area contributed by atoms with Crippen LogP contribution < -0.4 is 5.32 Å². The first-order valence-corrected chi connectivity index (χ1v) is 14.8. The van der Waals surface area contributed by atoms with Crippen molar-refractivity contribution in [1.82, 2.24) is 19.5 Å². The molecule has 5 rings (SSSR count). The van der Waals surface area contributed by atoms with Crippen LogP contribution in [0.2, 0.25) is 0 Å². The maximum absolute atomic E-state index is 13.9. The summed E-state index contributed by atoms with van der Waals surface area (Å²) >= 11 is 1.46. The lowest BCUT2D eigenvalue weighted by Gasteiger charge is -2.31. The molecule has 0 saturated carbocycles. The Morgan fingerprint density at radius 2 is 1.89 bits per heavy atom. The van der Waals surface area contributed by atoms with Crippen molar-refractivity contribution in [3.05, 3.63) is 59.6 Å². The summed E-state index contributed by atoms with van der Waals surface area (Å²) in [5, 5.41) is 5.41. The number of benzene rings is 1. The number of Topliss-reactive ketones (excluding diaryl/α,β-unsaturated/α-hetero) is 1. The molecule has 3 aromatic rings. The lowest BCUT2D eigenvalue weighted by molar-refractivity contribution is -0.138. The van der Waals surface area contributed by atoms with E-state index in [4.69, 9.17) is 0 Å². The van der Waals surface area contributed by atoms with E-state index in [-0.39, 0.29) is 41.1 Å². The van der Waals surface area contributed by atoms with Gasteiger partial charge in [0, 0.05) is 28.2 Å². The number of nitrogens with zero attached hydrogens (tertiary/aromatic N) is 3. The number of hydrogen-bond acceptors (Lipinski definition) is 7. The summed E-state index contributed by atoms with van der Waals surface area (Å²) < 4.78 is 28.7. The first-order valence-electron chi connectivity index (χ1n) is 12.5. The fourth-order valence-electron chi connectivity index (χ4n) is 5.36. The summed E-state index contributed by atoms with van der Waals surface area (Å²) in [6.45, 7) is 5.86. The molecule has 200 valence electrons. The summed E-state index contributed by atoms with van der Waals surface area (Å²) in [6.07, 6.45) is 2.08. The van der Waals surface area contributed by atoms with Gasteiger partial charge in [0.25, 0.3) is 15.9 Å². The molecule has 2 fully saturated rings. The number of carbonyl (C=O) groups is 3. The standard InChI is InChI=1S/C27H30N4O5S2/c1-27(2,3)14-19(29-25(33)18-16-37-22-9-5-4-8-17(18)22)26(34)30-13-11-20-24(30)21(32)15-31(20)38(35,36)23-10-6-7-12-28-23/h4-10,12,16,19-20,24H,11,13-15H2,1-3H3,(H,29,33). The van der Waals surface area contributed by atoms with Gasteiger partial charge >= 0.3 is 0 Å². The van der Waals surface area contributed by atoms with Gasteiger partial charge in [0.2, 0.25) is 5.91 Å². The van der Waals surface area contributed by atoms with E-state index in [0.717, 1.165) is 10.1 Å². The Kier molecular flexibility index (Phi) is 6.87. The summed E-state index contributed by atoms with van der Waals surface area (Å²) in [4.78, 5) is 45.8. The predicted octanol–water partition coefficient (Wildman–Crippen LogP) is 3.07. The Labute approximate surface area is 225 Å². The first-order chi connectivity index (χ1) is 18.0. The summed E-state index contributed by atoms with van der Waals surface area (Å²) in [7, 11) is -4.00. The highest BCUT2D eigenvalue weighted by Crippen LogP contribution is 2.35. The van der Waals surface area contributed by atoms with E-state index in [1.54, 1.807) is 17.5 Å². The van der Waals surface area contributed by atoms with E-state index in [0.29, 0.717) is 18.4 Å². The molecule has 2 aliphatic heterocycles. The van der Waals surface area contributed by atoms with Gasteiger partial charge in [-0.25, -0.2) is 13.4 Å². The number of sulfonamides is 1. The Morgan fingerprint density at radius 1 is 1.16 bits per heavy atom. The zero-order chi connectivity index (χ0) is 27.2. The number of ketones is 1. The Balaban J connectivity index is 1.39. The number of nitrogens with one attached hydrogen (secondary N) is 1. The van der Waals surface area contributed by atoms with Crippen molar-refractivity contribution in [2.24, 2.45) is 5.41 Å². The van der Waals surface area contributed by atoms with Crippen molar-refractivity contribution < 1.29 is 22.8 Å². The lowest BCUT2D eigenvalue weighted by atomic mass is 9.87. The highest BCUT2D eigenvalue weighted by molar-refractivity contribution is 7.89. The zero-order valence-corrected chi connectivity index (χ0v) is 23.1. The van der Waals surface area contributed by atoms with Gasteiger partial charge < -0.3 is 10.2 Å². The van der Waals surface area contributed by atoms with E-state index in [1.165, 1.54) is 32.8 Å². The molecule has 2 amide bonds. The van der Waals surface area contributed by atoms with Gasteiger partial charge in [-0.15, -0.1) is 11.3 Å². The fraction of sp³-hybridized carbons (Fsp3) is 0.407. The molecule has 9 nitrogen and oxygen atoms in total. The molecule has 1 aromatic carbocycles. The number of pyridine rings is 1. The number of likely N-dealkylation sites (tertiary alicyclic amines) is 1. The second kappa shape index (κ2) is 9.87. The number of fused-ring (bicyclic) bond motifs is 2. The highest BCUT2D eigenvalue weighted by Gasteiger charge is 2.54. The molecule has 0 spiro atoms. The topological polar surface area (TPSA) is 117 Å². The molecule has 11 heteroatoms. The molecule has 3 atom stereocenters. The third-order valence-corrected chi connectivity index (χ3v) is 9.77. The third-order valence-electron chi connectivity index (χ3n) is 7.02. The second-order valence-electron chi connectivity index (χ2n) is 11.0. The van der Waals surface area contributed by atoms with Crippen LogP contribution in [-0.4, -0.2) is 71.4 Å². The van der Waals surface area contributed by atoms with Gasteiger partial charge in [-0.1, -0.05) is 45.0 Å². The molecule has 2 aromatic heterocycles. The number of thiophene rings is 1. The van der Waals surface area contributed by atoms with Crippen LogP contribution >= 0.6 is 11.3 Å². The number of carbonyl (C=O) groups excluding carboxylic acids is 3. The summed E-state index contributed by atoms with van der Waals surface area (Å²) in [5.41, 5.74) is 0.207. The first kappa shape index (κ1) is 26.5. The summed E-state index contributed by atoms with van der Waals surface area (Å²) in [5.74, 6) is -1.05. The minimum atomic E-state index is -4.00. The number of rotatable bonds is 6. The molecule has 1 N–H and O–H groups in total. The van der Waals surface area contributed by atoms with Crippen LogP contribution in [0, 0.1) is 5.41 Å². The van der Waals surface area contributed by atoms with E-state index < -0.39 is 28.1 Å².